The fourth-order valence-corrected chi connectivity index (χ4v) is 2.44. The molecule has 0 unspecified atom stereocenters. The van der Waals surface area contributed by atoms with E-state index in [9.17, 15) is 0 Å². The zero-order valence-corrected chi connectivity index (χ0v) is 13.0. The second-order valence-electron chi connectivity index (χ2n) is 5.31. The third kappa shape index (κ3) is 7.46. The van der Waals surface area contributed by atoms with Crippen molar-refractivity contribution in [3.63, 3.8) is 0 Å². The van der Waals surface area contributed by atoms with Gasteiger partial charge in [-0.05, 0) is 6.42 Å². The molecule has 0 amide bonds. The number of hydrogen-bond acceptors (Lipinski definition) is 2. The van der Waals surface area contributed by atoms with E-state index in [2.05, 4.69) is 12.0 Å². The molecule has 1 rings (SSSR count). The zero-order chi connectivity index (χ0) is 13.9. The van der Waals surface area contributed by atoms with E-state index in [-0.39, 0.29) is 0 Å². The normalized spacial score (nSPS) is 11.1. The number of halogens is 1. The van der Waals surface area contributed by atoms with Crippen LogP contribution in [-0.2, 0) is 6.54 Å². The molecule has 110 valence electrons. The van der Waals surface area contributed by atoms with Gasteiger partial charge < -0.3 is 5.73 Å². The van der Waals surface area contributed by atoms with E-state index < -0.39 is 0 Å². The minimum atomic E-state index is 0.439. The zero-order valence-electron chi connectivity index (χ0n) is 12.2. The average molecular weight is 286 g/mol. The van der Waals surface area contributed by atoms with Gasteiger partial charge in [0.1, 0.15) is 5.02 Å². The maximum Gasteiger partial charge on any atom is 0.164 e. The highest BCUT2D eigenvalue weighted by Gasteiger charge is 2.01. The Hall–Kier alpha value is -0.700. The monoisotopic (exact) mass is 285 g/mol. The molecule has 0 fully saturated rings. The summed E-state index contributed by atoms with van der Waals surface area (Å²) in [6, 6.07) is 0. The van der Waals surface area contributed by atoms with Crippen molar-refractivity contribution < 1.29 is 0 Å². The summed E-state index contributed by atoms with van der Waals surface area (Å²) in [7, 11) is 0. The Kier molecular flexibility index (Phi) is 8.72. The number of hydrogen-bond donors (Lipinski definition) is 1. The molecule has 0 atom stereocenters. The topological polar surface area (TPSA) is 43.8 Å². The van der Waals surface area contributed by atoms with E-state index in [0.717, 1.165) is 13.0 Å². The number of unbranched alkanes of at least 4 members (excludes halogenated alkanes) is 9. The van der Waals surface area contributed by atoms with E-state index in [1.165, 1.54) is 57.8 Å². The lowest BCUT2D eigenvalue weighted by atomic mass is 10.1. The molecule has 0 aliphatic rings. The Morgan fingerprint density at radius 1 is 1.00 bits per heavy atom. The minimum absolute atomic E-state index is 0.439. The van der Waals surface area contributed by atoms with Crippen LogP contribution < -0.4 is 5.73 Å². The molecule has 0 aliphatic carbocycles. The summed E-state index contributed by atoms with van der Waals surface area (Å²) in [6.07, 6.45) is 15.3. The van der Waals surface area contributed by atoms with Gasteiger partial charge in [0, 0.05) is 12.7 Å². The molecule has 1 aromatic heterocycles. The number of nitrogen functional groups attached to an aromatic ring is 1. The second kappa shape index (κ2) is 10.1. The highest BCUT2D eigenvalue weighted by Crippen LogP contribution is 2.16. The van der Waals surface area contributed by atoms with E-state index in [0.29, 0.717) is 10.8 Å². The van der Waals surface area contributed by atoms with Crippen LogP contribution in [0.5, 0.6) is 0 Å². The predicted molar refractivity (Wildman–Crippen MR) is 83.5 cm³/mol. The molecule has 0 aliphatic heterocycles. The van der Waals surface area contributed by atoms with Crippen LogP contribution in [0.2, 0.25) is 5.02 Å². The minimum Gasteiger partial charge on any atom is -0.381 e. The molecule has 0 spiro atoms. The van der Waals surface area contributed by atoms with E-state index in [1.807, 2.05) is 10.9 Å². The van der Waals surface area contributed by atoms with Gasteiger partial charge in [-0.1, -0.05) is 76.3 Å². The highest BCUT2D eigenvalue weighted by atomic mass is 35.5. The maximum atomic E-state index is 5.85. The van der Waals surface area contributed by atoms with Crippen LogP contribution >= 0.6 is 11.6 Å². The van der Waals surface area contributed by atoms with Crippen molar-refractivity contribution >= 4 is 17.4 Å². The molecule has 19 heavy (non-hydrogen) atoms. The molecule has 0 saturated heterocycles. The van der Waals surface area contributed by atoms with Crippen LogP contribution in [0, 0.1) is 0 Å². The molecular formula is C15H28ClN3. The first-order valence-corrected chi connectivity index (χ1v) is 8.10. The fourth-order valence-electron chi connectivity index (χ4n) is 2.29. The Bertz CT molecular complexity index is 317. The van der Waals surface area contributed by atoms with E-state index >= 15 is 0 Å². The molecule has 0 aromatic carbocycles. The fraction of sp³-hybridized carbons (Fsp3) is 0.800. The van der Waals surface area contributed by atoms with Crippen molar-refractivity contribution in [1.29, 1.82) is 0 Å². The average Bonchev–Trinajstić information content (AvgIpc) is 2.71. The second-order valence-corrected chi connectivity index (χ2v) is 5.71. The van der Waals surface area contributed by atoms with Crippen molar-refractivity contribution in [3.05, 3.63) is 11.2 Å². The van der Waals surface area contributed by atoms with E-state index in [4.69, 9.17) is 17.3 Å². The van der Waals surface area contributed by atoms with Crippen molar-refractivity contribution in [3.8, 4) is 0 Å². The first-order chi connectivity index (χ1) is 9.24. The van der Waals surface area contributed by atoms with Crippen molar-refractivity contribution in [1.82, 2.24) is 9.78 Å². The van der Waals surface area contributed by atoms with Gasteiger partial charge in [-0.25, -0.2) is 0 Å². The van der Waals surface area contributed by atoms with Gasteiger partial charge in [0.25, 0.3) is 0 Å². The molecule has 1 heterocycles. The van der Waals surface area contributed by atoms with Gasteiger partial charge in [-0.3, -0.25) is 4.68 Å². The number of nitrogens with zero attached hydrogens (tertiary/aromatic N) is 2. The van der Waals surface area contributed by atoms with Crippen molar-refractivity contribution in [2.45, 2.75) is 77.7 Å². The Labute approximate surface area is 122 Å². The van der Waals surface area contributed by atoms with Crippen LogP contribution in [0.3, 0.4) is 0 Å². The first-order valence-electron chi connectivity index (χ1n) is 7.72. The smallest absolute Gasteiger partial charge is 0.164 e. The number of nitrogens with two attached hydrogens (primary N) is 1. The Morgan fingerprint density at radius 3 is 2.00 bits per heavy atom. The van der Waals surface area contributed by atoms with Crippen LogP contribution in [0.4, 0.5) is 5.82 Å². The standard InChI is InChI=1S/C15H28ClN3/c1-2-3-4-5-6-7-8-9-10-11-12-19-13-14(16)15(17)18-19/h13H,2-12H2,1H3,(H2,17,18). The maximum absolute atomic E-state index is 5.85. The van der Waals surface area contributed by atoms with Crippen LogP contribution in [0.1, 0.15) is 71.1 Å². The predicted octanol–water partition coefficient (Wildman–Crippen LogP) is 5.04. The summed E-state index contributed by atoms with van der Waals surface area (Å²) in [5.74, 6) is 0.439. The molecule has 0 saturated carbocycles. The van der Waals surface area contributed by atoms with Gasteiger partial charge in [-0.2, -0.15) is 5.10 Å². The quantitative estimate of drug-likeness (QED) is 0.579. The van der Waals surface area contributed by atoms with Gasteiger partial charge in [0.15, 0.2) is 5.82 Å². The van der Waals surface area contributed by atoms with E-state index in [1.54, 1.807) is 0 Å². The van der Waals surface area contributed by atoms with Crippen molar-refractivity contribution in [2.24, 2.45) is 0 Å². The molecule has 4 heteroatoms. The number of rotatable bonds is 11. The molecule has 0 radical (unpaired) electrons. The highest BCUT2D eigenvalue weighted by molar-refractivity contribution is 6.32. The Morgan fingerprint density at radius 2 is 1.53 bits per heavy atom. The summed E-state index contributed by atoms with van der Waals surface area (Å²) in [5.41, 5.74) is 5.60. The number of aromatic nitrogens is 2. The Balaban J connectivity index is 1.88. The third-order valence-corrected chi connectivity index (χ3v) is 3.78. The molecule has 0 bridgehead atoms. The van der Waals surface area contributed by atoms with Gasteiger partial charge in [-0.15, -0.1) is 0 Å². The molecule has 1 aromatic rings. The van der Waals surface area contributed by atoms with Gasteiger partial charge in [0.05, 0.1) is 0 Å². The third-order valence-electron chi connectivity index (χ3n) is 3.48. The van der Waals surface area contributed by atoms with Crippen LogP contribution in [-0.4, -0.2) is 9.78 Å². The van der Waals surface area contributed by atoms with Gasteiger partial charge >= 0.3 is 0 Å². The van der Waals surface area contributed by atoms with Crippen LogP contribution in [0.25, 0.3) is 0 Å². The molecule has 3 nitrogen and oxygen atoms in total. The summed E-state index contributed by atoms with van der Waals surface area (Å²) in [4.78, 5) is 0. The molecular weight excluding hydrogens is 258 g/mol. The lowest BCUT2D eigenvalue weighted by Gasteiger charge is -2.03. The molecule has 2 N–H and O–H groups in total. The van der Waals surface area contributed by atoms with Gasteiger partial charge in [0.2, 0.25) is 0 Å². The summed E-state index contributed by atoms with van der Waals surface area (Å²) in [6.45, 7) is 3.19. The summed E-state index contributed by atoms with van der Waals surface area (Å²) < 4.78 is 1.85. The SMILES string of the molecule is CCCCCCCCCCCCn1cc(Cl)c(N)n1. The summed E-state index contributed by atoms with van der Waals surface area (Å²) in [5, 5.41) is 4.71. The summed E-state index contributed by atoms with van der Waals surface area (Å²) >= 11 is 5.85. The lowest BCUT2D eigenvalue weighted by molar-refractivity contribution is 0.516. The number of aryl methyl sites for hydroxylation is 1. The van der Waals surface area contributed by atoms with Crippen molar-refractivity contribution in [2.75, 3.05) is 5.73 Å². The number of anilines is 1. The first kappa shape index (κ1) is 16.4. The van der Waals surface area contributed by atoms with Crippen LogP contribution in [0.15, 0.2) is 6.20 Å². The largest absolute Gasteiger partial charge is 0.381 e. The lowest BCUT2D eigenvalue weighted by Crippen LogP contribution is -1.99.